The molecule has 0 radical (unpaired) electrons. The van der Waals surface area contributed by atoms with Crippen LogP contribution in [0.3, 0.4) is 0 Å². The van der Waals surface area contributed by atoms with Crippen LogP contribution < -0.4 is 0 Å². The summed E-state index contributed by atoms with van der Waals surface area (Å²) in [4.78, 5) is 0.856. The Bertz CT molecular complexity index is 695. The van der Waals surface area contributed by atoms with Crippen molar-refractivity contribution in [1.82, 2.24) is 4.31 Å². The Hall–Kier alpha value is -0.880. The van der Waals surface area contributed by atoms with Gasteiger partial charge in [0.05, 0.1) is 5.88 Å². The molecule has 0 atom stereocenters. The Balaban J connectivity index is 2.21. The fourth-order valence-electron chi connectivity index (χ4n) is 1.87. The molecule has 2 rings (SSSR count). The molecule has 2 aromatic rings. The molecule has 0 amide bonds. The number of alkyl halides is 1. The minimum Gasteiger partial charge on any atom is -0.206 e. The number of benzene rings is 1. The molecule has 0 spiro atoms. The first-order valence-corrected chi connectivity index (χ1v) is 8.89. The highest BCUT2D eigenvalue weighted by atomic mass is 35.5. The highest BCUT2D eigenvalue weighted by Crippen LogP contribution is 2.26. The first-order valence-electron chi connectivity index (χ1n) is 6.10. The molecule has 0 aliphatic heterocycles. The third kappa shape index (κ3) is 3.41. The summed E-state index contributed by atoms with van der Waals surface area (Å²) in [6.07, 6.45) is 0. The molecule has 0 fully saturated rings. The van der Waals surface area contributed by atoms with Gasteiger partial charge in [0.1, 0.15) is 4.21 Å². The van der Waals surface area contributed by atoms with Gasteiger partial charge in [-0.3, -0.25) is 0 Å². The molecule has 1 aromatic heterocycles. The summed E-state index contributed by atoms with van der Waals surface area (Å²) in [5, 5.41) is 0. The number of hydrogen-bond acceptors (Lipinski definition) is 3. The number of halogens is 1. The van der Waals surface area contributed by atoms with Crippen LogP contribution in [0, 0.1) is 6.92 Å². The van der Waals surface area contributed by atoms with Crippen LogP contribution in [0.15, 0.2) is 40.6 Å². The third-order valence-electron chi connectivity index (χ3n) is 2.92. The van der Waals surface area contributed by atoms with Gasteiger partial charge in [-0.1, -0.05) is 29.8 Å². The van der Waals surface area contributed by atoms with Crippen molar-refractivity contribution < 1.29 is 8.42 Å². The van der Waals surface area contributed by atoms with Crippen molar-refractivity contribution >= 4 is 33.0 Å². The molecule has 6 heteroatoms. The van der Waals surface area contributed by atoms with Gasteiger partial charge in [0, 0.05) is 18.5 Å². The first kappa shape index (κ1) is 15.5. The van der Waals surface area contributed by atoms with Crippen LogP contribution in [-0.4, -0.2) is 19.8 Å². The van der Waals surface area contributed by atoms with E-state index in [-0.39, 0.29) is 0 Å². The van der Waals surface area contributed by atoms with E-state index in [0.717, 1.165) is 16.0 Å². The molecular weight excluding hydrogens is 314 g/mol. The second-order valence-corrected chi connectivity index (χ2v) is 8.31. The third-order valence-corrected chi connectivity index (χ3v) is 6.72. The van der Waals surface area contributed by atoms with Gasteiger partial charge >= 0.3 is 0 Å². The van der Waals surface area contributed by atoms with Crippen molar-refractivity contribution in [3.05, 3.63) is 52.4 Å². The highest BCUT2D eigenvalue weighted by molar-refractivity contribution is 7.91. The van der Waals surface area contributed by atoms with Crippen LogP contribution in [-0.2, 0) is 22.4 Å². The molecule has 0 saturated carbocycles. The van der Waals surface area contributed by atoms with Crippen molar-refractivity contribution in [3.8, 4) is 0 Å². The van der Waals surface area contributed by atoms with Gasteiger partial charge < -0.3 is 0 Å². The van der Waals surface area contributed by atoms with Crippen molar-refractivity contribution in [2.45, 2.75) is 23.6 Å². The number of rotatable bonds is 5. The number of thiophene rings is 1. The predicted octanol–water partition coefficient (Wildman–Crippen LogP) is 3.62. The topological polar surface area (TPSA) is 37.4 Å². The smallest absolute Gasteiger partial charge is 0.206 e. The lowest BCUT2D eigenvalue weighted by atomic mass is 10.1. The van der Waals surface area contributed by atoms with Gasteiger partial charge in [-0.2, -0.15) is 4.31 Å². The molecule has 1 heterocycles. The first-order chi connectivity index (χ1) is 9.43. The van der Waals surface area contributed by atoms with Crippen LogP contribution >= 0.6 is 22.9 Å². The Morgan fingerprint density at radius 3 is 2.60 bits per heavy atom. The Labute approximate surface area is 128 Å². The Morgan fingerprint density at radius 1 is 1.25 bits per heavy atom. The van der Waals surface area contributed by atoms with Gasteiger partial charge in [0.15, 0.2) is 0 Å². The molecule has 0 saturated heterocycles. The van der Waals surface area contributed by atoms with Gasteiger partial charge in [-0.25, -0.2) is 8.42 Å². The highest BCUT2D eigenvalue weighted by Gasteiger charge is 2.22. The van der Waals surface area contributed by atoms with Crippen LogP contribution in [0.5, 0.6) is 0 Å². The van der Waals surface area contributed by atoms with Crippen molar-refractivity contribution in [2.75, 3.05) is 7.05 Å². The van der Waals surface area contributed by atoms with E-state index in [2.05, 4.69) is 0 Å². The predicted molar refractivity (Wildman–Crippen MR) is 83.7 cm³/mol. The monoisotopic (exact) mass is 329 g/mol. The average Bonchev–Trinajstić information content (AvgIpc) is 2.88. The molecule has 108 valence electrons. The van der Waals surface area contributed by atoms with Crippen LogP contribution in [0.25, 0.3) is 0 Å². The second-order valence-electron chi connectivity index (χ2n) is 4.60. The molecule has 0 aliphatic rings. The fraction of sp³-hybridized carbons (Fsp3) is 0.286. The lowest BCUT2D eigenvalue weighted by molar-refractivity contribution is 0.468. The summed E-state index contributed by atoms with van der Waals surface area (Å²) in [5.41, 5.74) is 2.10. The van der Waals surface area contributed by atoms with E-state index in [0.29, 0.717) is 16.6 Å². The van der Waals surface area contributed by atoms with Crippen molar-refractivity contribution in [3.63, 3.8) is 0 Å². The molecule has 0 aliphatic carbocycles. The summed E-state index contributed by atoms with van der Waals surface area (Å²) < 4.78 is 26.6. The Morgan fingerprint density at radius 2 is 2.00 bits per heavy atom. The summed E-state index contributed by atoms with van der Waals surface area (Å²) in [6, 6.07) is 11.2. The summed E-state index contributed by atoms with van der Waals surface area (Å²) in [5.74, 6) is 0.335. The normalized spacial score (nSPS) is 12.0. The molecule has 0 bridgehead atoms. The minimum atomic E-state index is -3.45. The van der Waals surface area contributed by atoms with Crippen LogP contribution in [0.4, 0.5) is 0 Å². The average molecular weight is 330 g/mol. The number of sulfonamides is 1. The van der Waals surface area contributed by atoms with Gasteiger partial charge in [-0.15, -0.1) is 22.9 Å². The van der Waals surface area contributed by atoms with E-state index < -0.39 is 10.0 Å². The fourth-order valence-corrected chi connectivity index (χ4v) is 4.70. The quantitative estimate of drug-likeness (QED) is 0.786. The Kier molecular flexibility index (Phi) is 4.86. The van der Waals surface area contributed by atoms with E-state index >= 15 is 0 Å². The number of aryl methyl sites for hydroxylation is 1. The largest absolute Gasteiger partial charge is 0.252 e. The zero-order valence-electron chi connectivity index (χ0n) is 11.3. The zero-order chi connectivity index (χ0) is 14.8. The van der Waals surface area contributed by atoms with Crippen molar-refractivity contribution in [1.29, 1.82) is 0 Å². The van der Waals surface area contributed by atoms with E-state index in [1.165, 1.54) is 15.6 Å². The van der Waals surface area contributed by atoms with Gasteiger partial charge in [0.2, 0.25) is 0 Å². The lowest BCUT2D eigenvalue weighted by Crippen LogP contribution is -2.25. The second kappa shape index (κ2) is 6.26. The van der Waals surface area contributed by atoms with E-state index in [1.807, 2.05) is 31.2 Å². The van der Waals surface area contributed by atoms with E-state index in [9.17, 15) is 8.42 Å². The zero-order valence-corrected chi connectivity index (χ0v) is 13.7. The number of nitrogens with zero attached hydrogens (tertiary/aromatic N) is 1. The summed E-state index contributed by atoms with van der Waals surface area (Å²) in [6.45, 7) is 2.35. The van der Waals surface area contributed by atoms with E-state index in [4.69, 9.17) is 11.6 Å². The standard InChI is InChI=1S/C14H16ClNO2S2/c1-11-4-3-5-12(8-11)10-16(2)20(17,18)14-7-6-13(9-15)19-14/h3-8H,9-10H2,1-2H3. The van der Waals surface area contributed by atoms with Gasteiger partial charge in [0.25, 0.3) is 10.0 Å². The van der Waals surface area contributed by atoms with Gasteiger partial charge in [-0.05, 0) is 24.6 Å². The maximum atomic E-state index is 12.4. The summed E-state index contributed by atoms with van der Waals surface area (Å²) in [7, 11) is -1.85. The van der Waals surface area contributed by atoms with Crippen molar-refractivity contribution in [2.24, 2.45) is 0 Å². The van der Waals surface area contributed by atoms with Crippen LogP contribution in [0.2, 0.25) is 0 Å². The number of hydrogen-bond donors (Lipinski definition) is 0. The maximum absolute atomic E-state index is 12.4. The molecule has 1 aromatic carbocycles. The molecular formula is C14H16ClNO2S2. The molecule has 0 unspecified atom stereocenters. The SMILES string of the molecule is Cc1cccc(CN(C)S(=O)(=O)c2ccc(CCl)s2)c1. The molecule has 3 nitrogen and oxygen atoms in total. The summed E-state index contributed by atoms with van der Waals surface area (Å²) >= 11 is 6.94. The molecule has 20 heavy (non-hydrogen) atoms. The van der Waals surface area contributed by atoms with Crippen LogP contribution in [0.1, 0.15) is 16.0 Å². The van der Waals surface area contributed by atoms with E-state index in [1.54, 1.807) is 19.2 Å². The maximum Gasteiger partial charge on any atom is 0.252 e. The minimum absolute atomic E-state index is 0.335. The molecule has 0 N–H and O–H groups in total. The lowest BCUT2D eigenvalue weighted by Gasteiger charge is -2.16.